The van der Waals surface area contributed by atoms with Crippen LogP contribution in [0.4, 0.5) is 0 Å². The fourth-order valence-corrected chi connectivity index (χ4v) is 3.44. The van der Waals surface area contributed by atoms with Gasteiger partial charge in [0.2, 0.25) is 0 Å². The monoisotopic (exact) mass is 558 g/mol. The van der Waals surface area contributed by atoms with E-state index in [1.54, 1.807) is 36.4 Å². The Kier molecular flexibility index (Phi) is 12.3. The molecule has 0 aromatic heterocycles. The Labute approximate surface area is 230 Å². The average molecular weight is 559 g/mol. The SMILES string of the molecule is CC(=O)OCC(OC(=O)c1ccccc1)C(OC(C)=O)C(OC(C)=O)C(COC(C)=O)OC(=O)c1ccccc1. The first-order valence-corrected chi connectivity index (χ1v) is 12.1. The van der Waals surface area contributed by atoms with Crippen LogP contribution in [0.2, 0.25) is 0 Å². The Hall–Kier alpha value is -4.74. The summed E-state index contributed by atoms with van der Waals surface area (Å²) in [5.74, 6) is -5.06. The van der Waals surface area contributed by atoms with E-state index in [1.165, 1.54) is 24.3 Å². The molecule has 0 aliphatic rings. The molecule has 40 heavy (non-hydrogen) atoms. The number of ether oxygens (including phenoxy) is 6. The Bertz CT molecular complexity index is 1080. The number of hydrogen-bond donors (Lipinski definition) is 0. The largest absolute Gasteiger partial charge is 0.462 e. The van der Waals surface area contributed by atoms with E-state index in [2.05, 4.69) is 0 Å². The first-order valence-electron chi connectivity index (χ1n) is 12.1. The van der Waals surface area contributed by atoms with Gasteiger partial charge in [-0.1, -0.05) is 36.4 Å². The zero-order valence-corrected chi connectivity index (χ0v) is 22.4. The van der Waals surface area contributed by atoms with E-state index in [4.69, 9.17) is 28.4 Å². The van der Waals surface area contributed by atoms with Gasteiger partial charge in [-0.15, -0.1) is 0 Å². The summed E-state index contributed by atoms with van der Waals surface area (Å²) in [6.45, 7) is 3.03. The molecule has 4 atom stereocenters. The van der Waals surface area contributed by atoms with E-state index in [9.17, 15) is 28.8 Å². The molecule has 2 rings (SSSR count). The molecule has 0 N–H and O–H groups in total. The van der Waals surface area contributed by atoms with Crippen molar-refractivity contribution in [2.24, 2.45) is 0 Å². The summed E-state index contributed by atoms with van der Waals surface area (Å²) >= 11 is 0. The van der Waals surface area contributed by atoms with Crippen molar-refractivity contribution < 1.29 is 57.2 Å². The Balaban J connectivity index is 2.55. The normalized spacial score (nSPS) is 13.4. The third-order valence-electron chi connectivity index (χ3n) is 5.10. The lowest BCUT2D eigenvalue weighted by molar-refractivity contribution is -0.194. The van der Waals surface area contributed by atoms with E-state index in [1.807, 2.05) is 0 Å². The molecule has 0 heterocycles. The second kappa shape index (κ2) is 15.6. The first kappa shape index (κ1) is 31.5. The van der Waals surface area contributed by atoms with Gasteiger partial charge < -0.3 is 28.4 Å². The second-order valence-electron chi connectivity index (χ2n) is 8.37. The number of benzene rings is 2. The lowest BCUT2D eigenvalue weighted by Gasteiger charge is -2.35. The molecule has 0 saturated carbocycles. The summed E-state index contributed by atoms with van der Waals surface area (Å²) < 4.78 is 32.0. The quantitative estimate of drug-likeness (QED) is 0.262. The summed E-state index contributed by atoms with van der Waals surface area (Å²) in [6, 6.07) is 15.5. The van der Waals surface area contributed by atoms with E-state index in [0.717, 1.165) is 27.7 Å². The fourth-order valence-electron chi connectivity index (χ4n) is 3.44. The molecule has 0 spiro atoms. The van der Waals surface area contributed by atoms with Crippen LogP contribution in [0.5, 0.6) is 0 Å². The Morgan fingerprint density at radius 2 is 0.825 bits per heavy atom. The van der Waals surface area contributed by atoms with Crippen molar-refractivity contribution in [3.8, 4) is 0 Å². The molecule has 0 aliphatic carbocycles. The van der Waals surface area contributed by atoms with Crippen LogP contribution < -0.4 is 0 Å². The molecule has 0 amide bonds. The van der Waals surface area contributed by atoms with Crippen LogP contribution in [-0.2, 0) is 47.6 Å². The average Bonchev–Trinajstić information content (AvgIpc) is 2.91. The van der Waals surface area contributed by atoms with E-state index in [0.29, 0.717) is 0 Å². The summed E-state index contributed by atoms with van der Waals surface area (Å²) in [5.41, 5.74) is 0.237. The Morgan fingerprint density at radius 3 is 1.10 bits per heavy atom. The van der Waals surface area contributed by atoms with Crippen LogP contribution in [0, 0.1) is 0 Å². The molecule has 2 aromatic rings. The van der Waals surface area contributed by atoms with Crippen LogP contribution in [0.1, 0.15) is 48.4 Å². The molecule has 214 valence electrons. The topological polar surface area (TPSA) is 158 Å². The highest BCUT2D eigenvalue weighted by atomic mass is 16.6. The van der Waals surface area contributed by atoms with E-state index >= 15 is 0 Å². The zero-order chi connectivity index (χ0) is 29.7. The molecule has 2 aromatic carbocycles. The molecule has 0 radical (unpaired) electrons. The van der Waals surface area contributed by atoms with E-state index in [-0.39, 0.29) is 11.1 Å². The minimum atomic E-state index is -1.68. The van der Waals surface area contributed by atoms with Gasteiger partial charge in [0.15, 0.2) is 24.4 Å². The first-order chi connectivity index (χ1) is 19.0. The molecule has 0 bridgehead atoms. The molecule has 0 aliphatic heterocycles. The number of carbonyl (C=O) groups is 6. The molecule has 0 fully saturated rings. The minimum Gasteiger partial charge on any atom is -0.462 e. The van der Waals surface area contributed by atoms with Crippen LogP contribution in [-0.4, -0.2) is 73.4 Å². The third-order valence-corrected chi connectivity index (χ3v) is 5.10. The number of esters is 6. The molecule has 12 heteroatoms. The van der Waals surface area contributed by atoms with Crippen LogP contribution >= 0.6 is 0 Å². The van der Waals surface area contributed by atoms with Crippen molar-refractivity contribution in [3.05, 3.63) is 71.8 Å². The molecule has 4 unspecified atom stereocenters. The number of carbonyl (C=O) groups excluding carboxylic acids is 6. The maximum atomic E-state index is 12.9. The van der Waals surface area contributed by atoms with Gasteiger partial charge in [-0.3, -0.25) is 19.2 Å². The lowest BCUT2D eigenvalue weighted by atomic mass is 10.0. The highest BCUT2D eigenvalue weighted by Crippen LogP contribution is 2.22. The molecular formula is C28H30O12. The Morgan fingerprint density at radius 1 is 0.500 bits per heavy atom. The lowest BCUT2D eigenvalue weighted by Crippen LogP contribution is -2.54. The molecular weight excluding hydrogens is 528 g/mol. The summed E-state index contributed by atoms with van der Waals surface area (Å²) in [6.07, 6.45) is -6.48. The predicted molar refractivity (Wildman–Crippen MR) is 136 cm³/mol. The van der Waals surface area contributed by atoms with Crippen molar-refractivity contribution in [3.63, 3.8) is 0 Å². The number of hydrogen-bond acceptors (Lipinski definition) is 12. The van der Waals surface area contributed by atoms with Gasteiger partial charge in [0.05, 0.1) is 11.1 Å². The molecule has 12 nitrogen and oxygen atoms in total. The predicted octanol–water partition coefficient (Wildman–Crippen LogP) is 2.43. The van der Waals surface area contributed by atoms with Gasteiger partial charge in [0.25, 0.3) is 0 Å². The van der Waals surface area contributed by atoms with Gasteiger partial charge in [-0.25, -0.2) is 9.59 Å². The standard InChI is InChI=1S/C28H30O12/c1-17(29)35-15-23(39-27(33)21-11-7-5-8-12-21)25(37-19(3)31)26(38-20(4)32)24(16-36-18(2)30)40-28(34)22-13-9-6-10-14-22/h5-14,23-26H,15-16H2,1-4H3. The van der Waals surface area contributed by atoms with Gasteiger partial charge in [-0.2, -0.15) is 0 Å². The summed E-state index contributed by atoms with van der Waals surface area (Å²) in [4.78, 5) is 73.4. The summed E-state index contributed by atoms with van der Waals surface area (Å²) in [7, 11) is 0. The smallest absolute Gasteiger partial charge is 0.338 e. The minimum absolute atomic E-state index is 0.118. The summed E-state index contributed by atoms with van der Waals surface area (Å²) in [5, 5.41) is 0. The van der Waals surface area contributed by atoms with E-state index < -0.39 is 73.4 Å². The maximum absolute atomic E-state index is 12.9. The highest BCUT2D eigenvalue weighted by Gasteiger charge is 2.45. The van der Waals surface area contributed by atoms with Crippen LogP contribution in [0.25, 0.3) is 0 Å². The number of rotatable bonds is 13. The van der Waals surface area contributed by atoms with Crippen molar-refractivity contribution in [1.29, 1.82) is 0 Å². The third kappa shape index (κ3) is 10.6. The van der Waals surface area contributed by atoms with Crippen LogP contribution in [0.3, 0.4) is 0 Å². The maximum Gasteiger partial charge on any atom is 0.338 e. The van der Waals surface area contributed by atoms with Gasteiger partial charge in [0.1, 0.15) is 13.2 Å². The van der Waals surface area contributed by atoms with Gasteiger partial charge in [0, 0.05) is 27.7 Å². The zero-order valence-electron chi connectivity index (χ0n) is 22.4. The van der Waals surface area contributed by atoms with Crippen molar-refractivity contribution in [1.82, 2.24) is 0 Å². The van der Waals surface area contributed by atoms with Crippen LogP contribution in [0.15, 0.2) is 60.7 Å². The van der Waals surface area contributed by atoms with Gasteiger partial charge in [-0.05, 0) is 24.3 Å². The fraction of sp³-hybridized carbons (Fsp3) is 0.357. The second-order valence-corrected chi connectivity index (χ2v) is 8.37. The van der Waals surface area contributed by atoms with Crippen molar-refractivity contribution >= 4 is 35.8 Å². The highest BCUT2D eigenvalue weighted by molar-refractivity contribution is 5.90. The van der Waals surface area contributed by atoms with Crippen molar-refractivity contribution in [2.75, 3.05) is 13.2 Å². The molecule has 0 saturated heterocycles. The van der Waals surface area contributed by atoms with Crippen molar-refractivity contribution in [2.45, 2.75) is 52.1 Å². The van der Waals surface area contributed by atoms with Gasteiger partial charge >= 0.3 is 35.8 Å².